The number of nitrogens with zero attached hydrogens (tertiary/aromatic N) is 3. The van der Waals surface area contributed by atoms with Crippen molar-refractivity contribution in [2.75, 3.05) is 39.5 Å². The van der Waals surface area contributed by atoms with E-state index in [1.165, 1.54) is 17.9 Å². The van der Waals surface area contributed by atoms with Gasteiger partial charge in [-0.1, -0.05) is 0 Å². The zero-order valence-electron chi connectivity index (χ0n) is 14.2. The quantitative estimate of drug-likeness (QED) is 0.801. The normalized spacial score (nSPS) is 17.3. The molecule has 5 heteroatoms. The zero-order valence-corrected chi connectivity index (χ0v) is 15.0. The van der Waals surface area contributed by atoms with Crippen LogP contribution in [0.1, 0.15) is 17.9 Å². The number of aryl methyl sites for hydroxylation is 1. The van der Waals surface area contributed by atoms with Crippen LogP contribution in [-0.2, 0) is 6.54 Å². The molecule has 4 nitrogen and oxygen atoms in total. The number of hydrogen-bond donors (Lipinski definition) is 0. The van der Waals surface area contributed by atoms with Crippen molar-refractivity contribution < 1.29 is 4.42 Å². The molecule has 0 atom stereocenters. The molecular weight excluding hydrogens is 306 g/mol. The van der Waals surface area contributed by atoms with E-state index in [0.29, 0.717) is 0 Å². The number of hydrogen-bond acceptors (Lipinski definition) is 5. The second-order valence-electron chi connectivity index (χ2n) is 6.18. The summed E-state index contributed by atoms with van der Waals surface area (Å²) in [7, 11) is 2.20. The maximum atomic E-state index is 5.91. The molecule has 1 fully saturated rings. The number of oxazole rings is 1. The highest BCUT2D eigenvalue weighted by atomic mass is 32.2. The van der Waals surface area contributed by atoms with Gasteiger partial charge in [0.1, 0.15) is 5.76 Å². The first kappa shape index (κ1) is 16.6. The highest BCUT2D eigenvalue weighted by Crippen LogP contribution is 2.25. The van der Waals surface area contributed by atoms with Crippen LogP contribution in [0.5, 0.6) is 0 Å². The Labute approximate surface area is 142 Å². The molecule has 1 aromatic heterocycles. The summed E-state index contributed by atoms with van der Waals surface area (Å²) in [5, 5.41) is 0. The van der Waals surface area contributed by atoms with Crippen molar-refractivity contribution in [2.45, 2.75) is 24.8 Å². The molecule has 0 amide bonds. The lowest BCUT2D eigenvalue weighted by Crippen LogP contribution is -2.28. The molecular formula is C18H25N3OS. The minimum absolute atomic E-state index is 0.733. The molecule has 23 heavy (non-hydrogen) atoms. The van der Waals surface area contributed by atoms with Crippen LogP contribution in [0, 0.1) is 6.92 Å². The van der Waals surface area contributed by atoms with Gasteiger partial charge in [-0.3, -0.25) is 4.90 Å². The van der Waals surface area contributed by atoms with Crippen LogP contribution >= 0.6 is 11.8 Å². The van der Waals surface area contributed by atoms with Gasteiger partial charge in [-0.2, -0.15) is 0 Å². The Bertz CT molecular complexity index is 638. The van der Waals surface area contributed by atoms with Gasteiger partial charge in [-0.15, -0.1) is 11.8 Å². The number of benzene rings is 1. The fourth-order valence-corrected chi connectivity index (χ4v) is 3.31. The molecule has 0 unspecified atom stereocenters. The molecule has 2 aromatic rings. The first-order valence-electron chi connectivity index (χ1n) is 8.17. The van der Waals surface area contributed by atoms with E-state index < -0.39 is 0 Å². The summed E-state index contributed by atoms with van der Waals surface area (Å²) in [6, 6.07) is 8.40. The molecule has 1 aliphatic rings. The monoisotopic (exact) mass is 331 g/mol. The van der Waals surface area contributed by atoms with Crippen LogP contribution in [0.15, 0.2) is 33.6 Å². The molecule has 1 aliphatic heterocycles. The van der Waals surface area contributed by atoms with Gasteiger partial charge in [-0.25, -0.2) is 4.98 Å². The second kappa shape index (κ2) is 7.51. The molecule has 0 spiro atoms. The molecule has 0 N–H and O–H groups in total. The van der Waals surface area contributed by atoms with Gasteiger partial charge in [0.15, 0.2) is 0 Å². The number of thioether (sulfide) groups is 1. The van der Waals surface area contributed by atoms with Crippen molar-refractivity contribution in [3.63, 3.8) is 0 Å². The maximum Gasteiger partial charge on any atom is 0.226 e. The molecule has 3 rings (SSSR count). The highest BCUT2D eigenvalue weighted by Gasteiger charge is 2.17. The third-order valence-corrected chi connectivity index (χ3v) is 5.16. The Kier molecular flexibility index (Phi) is 5.41. The van der Waals surface area contributed by atoms with E-state index in [0.717, 1.165) is 49.1 Å². The molecule has 124 valence electrons. The fourth-order valence-electron chi connectivity index (χ4n) is 2.90. The third kappa shape index (κ3) is 4.16. The first-order chi connectivity index (χ1) is 11.2. The van der Waals surface area contributed by atoms with Crippen LogP contribution in [0.4, 0.5) is 0 Å². The molecule has 1 aromatic carbocycles. The Balaban J connectivity index is 1.72. The molecule has 0 saturated carbocycles. The number of rotatable bonds is 4. The SMILES string of the molecule is CSc1ccc(-c2nc(CN3CCCN(C)CC3)c(C)o2)cc1. The Hall–Kier alpha value is -1.30. The molecule has 1 saturated heterocycles. The van der Waals surface area contributed by atoms with E-state index in [9.17, 15) is 0 Å². The van der Waals surface area contributed by atoms with E-state index >= 15 is 0 Å². The van der Waals surface area contributed by atoms with Gasteiger partial charge in [0, 0.05) is 30.1 Å². The smallest absolute Gasteiger partial charge is 0.226 e. The lowest BCUT2D eigenvalue weighted by Gasteiger charge is -2.18. The van der Waals surface area contributed by atoms with Crippen molar-refractivity contribution >= 4 is 11.8 Å². The van der Waals surface area contributed by atoms with Crippen molar-refractivity contribution in [1.82, 2.24) is 14.8 Å². The zero-order chi connectivity index (χ0) is 16.2. The topological polar surface area (TPSA) is 32.5 Å². The van der Waals surface area contributed by atoms with E-state index in [2.05, 4.69) is 47.4 Å². The van der Waals surface area contributed by atoms with E-state index in [1.807, 2.05) is 6.92 Å². The summed E-state index contributed by atoms with van der Waals surface area (Å²) >= 11 is 1.74. The minimum Gasteiger partial charge on any atom is -0.441 e. The van der Waals surface area contributed by atoms with E-state index in [1.54, 1.807) is 11.8 Å². The van der Waals surface area contributed by atoms with Gasteiger partial charge in [0.05, 0.1) is 5.69 Å². The van der Waals surface area contributed by atoms with Crippen LogP contribution < -0.4 is 0 Å². The average Bonchev–Trinajstić information content (AvgIpc) is 2.79. The van der Waals surface area contributed by atoms with Gasteiger partial charge in [-0.05, 0) is 64.0 Å². The maximum absolute atomic E-state index is 5.91. The van der Waals surface area contributed by atoms with Crippen LogP contribution in [-0.4, -0.2) is 54.3 Å². The predicted octanol–water partition coefficient (Wildman–Crippen LogP) is 3.51. The minimum atomic E-state index is 0.733. The summed E-state index contributed by atoms with van der Waals surface area (Å²) in [5.41, 5.74) is 2.12. The lowest BCUT2D eigenvalue weighted by atomic mass is 10.2. The molecule has 2 heterocycles. The lowest BCUT2D eigenvalue weighted by molar-refractivity contribution is 0.265. The first-order valence-corrected chi connectivity index (χ1v) is 9.40. The summed E-state index contributed by atoms with van der Waals surface area (Å²) in [6.45, 7) is 7.44. The Morgan fingerprint density at radius 1 is 1.13 bits per heavy atom. The van der Waals surface area contributed by atoms with Crippen LogP contribution in [0.2, 0.25) is 0 Å². The number of aromatic nitrogens is 1. The van der Waals surface area contributed by atoms with E-state index in [4.69, 9.17) is 9.40 Å². The van der Waals surface area contributed by atoms with Crippen molar-refractivity contribution in [1.29, 1.82) is 0 Å². The Morgan fingerprint density at radius 2 is 1.91 bits per heavy atom. The van der Waals surface area contributed by atoms with Crippen molar-refractivity contribution in [2.24, 2.45) is 0 Å². The van der Waals surface area contributed by atoms with E-state index in [-0.39, 0.29) is 0 Å². The summed E-state index contributed by atoms with van der Waals surface area (Å²) in [6.07, 6.45) is 3.30. The number of likely N-dealkylation sites (N-methyl/N-ethyl adjacent to an activating group) is 1. The standard InChI is InChI=1S/C18H25N3OS/c1-14-17(13-21-10-4-9-20(2)11-12-21)19-18(22-14)15-5-7-16(23-3)8-6-15/h5-8H,4,9-13H2,1-3H3. The average molecular weight is 331 g/mol. The summed E-state index contributed by atoms with van der Waals surface area (Å²) < 4.78 is 5.91. The van der Waals surface area contributed by atoms with Gasteiger partial charge in [0.25, 0.3) is 0 Å². The third-order valence-electron chi connectivity index (χ3n) is 4.42. The largest absolute Gasteiger partial charge is 0.441 e. The van der Waals surface area contributed by atoms with Gasteiger partial charge in [0.2, 0.25) is 5.89 Å². The molecule has 0 radical (unpaired) electrons. The van der Waals surface area contributed by atoms with Gasteiger partial charge < -0.3 is 9.32 Å². The van der Waals surface area contributed by atoms with Gasteiger partial charge >= 0.3 is 0 Å². The van der Waals surface area contributed by atoms with Crippen molar-refractivity contribution in [3.8, 4) is 11.5 Å². The highest BCUT2D eigenvalue weighted by molar-refractivity contribution is 7.98. The summed E-state index contributed by atoms with van der Waals surface area (Å²) in [4.78, 5) is 10.9. The predicted molar refractivity (Wildman–Crippen MR) is 95.8 cm³/mol. The second-order valence-corrected chi connectivity index (χ2v) is 7.06. The van der Waals surface area contributed by atoms with Crippen molar-refractivity contribution in [3.05, 3.63) is 35.7 Å². The summed E-state index contributed by atoms with van der Waals surface area (Å²) in [5.74, 6) is 1.67. The molecule has 0 bridgehead atoms. The Morgan fingerprint density at radius 3 is 2.65 bits per heavy atom. The van der Waals surface area contributed by atoms with Crippen LogP contribution in [0.25, 0.3) is 11.5 Å². The molecule has 0 aliphatic carbocycles. The fraction of sp³-hybridized carbons (Fsp3) is 0.500. The van der Waals surface area contributed by atoms with Crippen LogP contribution in [0.3, 0.4) is 0 Å².